The van der Waals surface area contributed by atoms with Gasteiger partial charge < -0.3 is 5.11 Å². The van der Waals surface area contributed by atoms with E-state index < -0.39 is 6.10 Å². The Morgan fingerprint density at radius 3 is 2.83 bits per heavy atom. The number of rotatable bonds is 1. The molecular weight excluding hydrogens is 363 g/mol. The molecule has 0 unspecified atom stereocenters. The van der Waals surface area contributed by atoms with Gasteiger partial charge in [-0.05, 0) is 67.7 Å². The van der Waals surface area contributed by atoms with Crippen LogP contribution in [0.1, 0.15) is 49.3 Å². The van der Waals surface area contributed by atoms with Crippen LogP contribution in [-0.4, -0.2) is 17.0 Å². The average Bonchev–Trinajstić information content (AvgIpc) is 2.70. The van der Waals surface area contributed by atoms with E-state index in [-0.39, 0.29) is 17.0 Å². The van der Waals surface area contributed by atoms with E-state index in [4.69, 9.17) is 0 Å². The number of carbonyl (C=O) groups excluding carboxylic acids is 1. The van der Waals surface area contributed by atoms with E-state index in [1.165, 1.54) is 12.1 Å². The highest BCUT2D eigenvalue weighted by molar-refractivity contribution is 6.09. The van der Waals surface area contributed by atoms with Crippen molar-refractivity contribution in [2.24, 2.45) is 5.41 Å². The number of aliphatic hydroxyl groups excluding tert-OH is 1. The predicted octanol–water partition coefficient (Wildman–Crippen LogP) is 5.06. The van der Waals surface area contributed by atoms with Gasteiger partial charge in [0, 0.05) is 22.1 Å². The van der Waals surface area contributed by atoms with Crippen LogP contribution < -0.4 is 0 Å². The minimum Gasteiger partial charge on any atom is -0.392 e. The quantitative estimate of drug-likeness (QED) is 0.549. The molecule has 0 radical (unpaired) electrons. The molecule has 2 aromatic carbocycles. The van der Waals surface area contributed by atoms with Crippen LogP contribution in [0.2, 0.25) is 0 Å². The fraction of sp³-hybridized carbons (Fsp3) is 0.269. The van der Waals surface area contributed by atoms with Crippen LogP contribution >= 0.6 is 0 Å². The number of halogens is 1. The van der Waals surface area contributed by atoms with Crippen molar-refractivity contribution in [3.63, 3.8) is 0 Å². The lowest BCUT2D eigenvalue weighted by atomic mass is 9.63. The summed E-state index contributed by atoms with van der Waals surface area (Å²) in [5.41, 5.74) is 3.62. The third kappa shape index (κ3) is 3.95. The van der Waals surface area contributed by atoms with Gasteiger partial charge in [0.2, 0.25) is 0 Å². The average molecular weight is 386 g/mol. The van der Waals surface area contributed by atoms with E-state index in [1.807, 2.05) is 30.3 Å². The van der Waals surface area contributed by atoms with Gasteiger partial charge in [0.15, 0.2) is 5.78 Å². The zero-order valence-corrected chi connectivity index (χ0v) is 16.4. The van der Waals surface area contributed by atoms with Gasteiger partial charge in [0.1, 0.15) is 5.82 Å². The molecule has 146 valence electrons. The van der Waals surface area contributed by atoms with Gasteiger partial charge in [-0.2, -0.15) is 0 Å². The smallest absolute Gasteiger partial charge is 0.181 e. The van der Waals surface area contributed by atoms with Gasteiger partial charge in [-0.3, -0.25) is 4.79 Å². The highest BCUT2D eigenvalue weighted by Crippen LogP contribution is 2.48. The zero-order valence-electron chi connectivity index (χ0n) is 16.4. The van der Waals surface area contributed by atoms with Crippen LogP contribution in [0.4, 0.5) is 4.39 Å². The van der Waals surface area contributed by atoms with Crippen LogP contribution in [0.5, 0.6) is 0 Å². The maximum atomic E-state index is 13.4. The van der Waals surface area contributed by atoms with Crippen molar-refractivity contribution in [3.05, 3.63) is 88.3 Å². The molecule has 2 aliphatic rings. The van der Waals surface area contributed by atoms with E-state index in [2.05, 4.69) is 18.8 Å². The minimum atomic E-state index is -0.429. The Labute approximate surface area is 170 Å². The maximum absolute atomic E-state index is 13.4. The summed E-state index contributed by atoms with van der Waals surface area (Å²) in [5, 5.41) is 10.6. The van der Waals surface area contributed by atoms with Crippen LogP contribution in [0.25, 0.3) is 6.08 Å². The lowest BCUT2D eigenvalue weighted by Gasteiger charge is -2.43. The fourth-order valence-electron chi connectivity index (χ4n) is 4.26. The maximum Gasteiger partial charge on any atom is 0.181 e. The van der Waals surface area contributed by atoms with E-state index in [9.17, 15) is 14.3 Å². The molecule has 2 aliphatic carbocycles. The summed E-state index contributed by atoms with van der Waals surface area (Å²) in [5.74, 6) is 5.79. The molecule has 0 heterocycles. The first kappa shape index (κ1) is 19.4. The molecule has 0 saturated heterocycles. The number of aliphatic hydroxyl groups is 1. The Hall–Kier alpha value is -2.96. The highest BCUT2D eigenvalue weighted by Gasteiger charge is 2.43. The molecule has 0 aromatic heterocycles. The van der Waals surface area contributed by atoms with E-state index >= 15 is 0 Å². The number of fused-ring (bicyclic) bond motifs is 1. The summed E-state index contributed by atoms with van der Waals surface area (Å²) < 4.78 is 13.4. The molecule has 2 atom stereocenters. The number of benzene rings is 2. The first-order valence-electron chi connectivity index (χ1n) is 9.96. The van der Waals surface area contributed by atoms with Crippen LogP contribution in [0.3, 0.4) is 0 Å². The van der Waals surface area contributed by atoms with Crippen LogP contribution in [0.15, 0.2) is 65.8 Å². The molecule has 4 rings (SSSR count). The SMILES string of the molecule is C[C@]12C/C(=C\c3ccccc3C#Cc3cccc(F)c3)C(=O)C=C1CCC[C@@H]2O. The van der Waals surface area contributed by atoms with Crippen molar-refractivity contribution < 1.29 is 14.3 Å². The predicted molar refractivity (Wildman–Crippen MR) is 112 cm³/mol. The zero-order chi connectivity index (χ0) is 20.4. The van der Waals surface area contributed by atoms with Gasteiger partial charge in [-0.15, -0.1) is 0 Å². The van der Waals surface area contributed by atoms with Gasteiger partial charge in [0.05, 0.1) is 6.10 Å². The highest BCUT2D eigenvalue weighted by atomic mass is 19.1. The second-order valence-electron chi connectivity index (χ2n) is 8.05. The van der Waals surface area contributed by atoms with E-state index in [1.54, 1.807) is 18.2 Å². The van der Waals surface area contributed by atoms with E-state index in [0.717, 1.165) is 36.0 Å². The first-order valence-corrected chi connectivity index (χ1v) is 9.96. The van der Waals surface area contributed by atoms with Gasteiger partial charge in [0.25, 0.3) is 0 Å². The van der Waals surface area contributed by atoms with Crippen LogP contribution in [0, 0.1) is 23.1 Å². The summed E-state index contributed by atoms with van der Waals surface area (Å²) in [6.45, 7) is 2.05. The van der Waals surface area contributed by atoms with Crippen molar-refractivity contribution in [1.82, 2.24) is 0 Å². The molecule has 1 saturated carbocycles. The molecule has 1 N–H and O–H groups in total. The summed E-state index contributed by atoms with van der Waals surface area (Å²) >= 11 is 0. The number of hydrogen-bond acceptors (Lipinski definition) is 2. The number of ketones is 1. The van der Waals surface area contributed by atoms with Gasteiger partial charge >= 0.3 is 0 Å². The molecule has 0 aliphatic heterocycles. The van der Waals surface area contributed by atoms with E-state index in [0.29, 0.717) is 17.6 Å². The number of carbonyl (C=O) groups is 1. The van der Waals surface area contributed by atoms with Crippen LogP contribution in [-0.2, 0) is 4.79 Å². The Kier molecular flexibility index (Phi) is 5.22. The molecule has 3 heteroatoms. The molecule has 0 bridgehead atoms. The molecule has 2 nitrogen and oxygen atoms in total. The molecule has 29 heavy (non-hydrogen) atoms. The summed E-state index contributed by atoms with van der Waals surface area (Å²) in [6.07, 6.45) is 6.28. The van der Waals surface area contributed by atoms with Gasteiger partial charge in [-0.1, -0.05) is 48.6 Å². The van der Waals surface area contributed by atoms with Gasteiger partial charge in [-0.25, -0.2) is 4.39 Å². The Bertz CT molecular complexity index is 1080. The monoisotopic (exact) mass is 386 g/mol. The minimum absolute atomic E-state index is 0.0134. The van der Waals surface area contributed by atoms with Crippen molar-refractivity contribution in [2.75, 3.05) is 0 Å². The second-order valence-corrected chi connectivity index (χ2v) is 8.05. The van der Waals surface area contributed by atoms with Crippen molar-refractivity contribution in [3.8, 4) is 11.8 Å². The first-order chi connectivity index (χ1) is 14.0. The second kappa shape index (κ2) is 7.81. The fourth-order valence-corrected chi connectivity index (χ4v) is 4.26. The summed E-state index contributed by atoms with van der Waals surface area (Å²) in [4.78, 5) is 12.7. The third-order valence-electron chi connectivity index (χ3n) is 6.03. The molecule has 0 spiro atoms. The van der Waals surface area contributed by atoms with Crippen molar-refractivity contribution in [2.45, 2.75) is 38.7 Å². The molecular formula is C26H23FO2. The Morgan fingerprint density at radius 1 is 1.17 bits per heavy atom. The Morgan fingerprint density at radius 2 is 2.00 bits per heavy atom. The normalized spacial score (nSPS) is 25.1. The standard InChI is InChI=1S/C26H23FO2/c1-26-17-21(24(28)16-22(26)9-5-11-25(26)29)15-20-8-3-2-7-19(20)13-12-18-6-4-10-23(27)14-18/h2-4,6-8,10,14-16,25,29H,5,9,11,17H2,1H3/b21-15+/t25-,26-/m0/s1. The Balaban J connectivity index is 1.69. The lowest BCUT2D eigenvalue weighted by molar-refractivity contribution is -0.112. The summed E-state index contributed by atoms with van der Waals surface area (Å²) in [6, 6.07) is 13.8. The largest absolute Gasteiger partial charge is 0.392 e. The molecule has 2 aromatic rings. The lowest BCUT2D eigenvalue weighted by Crippen LogP contribution is -2.41. The number of allylic oxidation sites excluding steroid dienone is 2. The topological polar surface area (TPSA) is 37.3 Å². The van der Waals surface area contributed by atoms with Crippen molar-refractivity contribution in [1.29, 1.82) is 0 Å². The van der Waals surface area contributed by atoms with Crippen molar-refractivity contribution >= 4 is 11.9 Å². The third-order valence-corrected chi connectivity index (χ3v) is 6.03. The number of hydrogen-bond donors (Lipinski definition) is 1. The summed E-state index contributed by atoms with van der Waals surface area (Å²) in [7, 11) is 0. The molecule has 0 amide bonds. The molecule has 1 fully saturated rings.